The second kappa shape index (κ2) is 3.73. The van der Waals surface area contributed by atoms with Gasteiger partial charge in [-0.15, -0.1) is 0 Å². The number of rotatable bonds is 1. The van der Waals surface area contributed by atoms with E-state index in [0.29, 0.717) is 0 Å². The van der Waals surface area contributed by atoms with Gasteiger partial charge in [0, 0.05) is 5.39 Å². The zero-order valence-corrected chi connectivity index (χ0v) is 8.10. The van der Waals surface area contributed by atoms with Gasteiger partial charge in [-0.1, -0.05) is 12.1 Å². The first-order valence-electron chi connectivity index (χ1n) is 4.43. The number of hydrogen-bond acceptors (Lipinski definition) is 1. The molecule has 0 fully saturated rings. The Balaban J connectivity index is 3.10. The molecule has 0 aliphatic heterocycles. The van der Waals surface area contributed by atoms with Crippen molar-refractivity contribution in [3.05, 3.63) is 47.0 Å². The topological polar surface area (TPSA) is 37.3 Å². The van der Waals surface area contributed by atoms with Gasteiger partial charge in [0.25, 0.3) is 0 Å². The lowest BCUT2D eigenvalue weighted by Crippen LogP contribution is -2.07. The lowest BCUT2D eigenvalue weighted by Gasteiger charge is -2.07. The van der Waals surface area contributed by atoms with E-state index in [0.717, 1.165) is 18.2 Å². The van der Waals surface area contributed by atoms with Gasteiger partial charge in [-0.2, -0.15) is 0 Å². The minimum Gasteiger partial charge on any atom is -0.478 e. The molecule has 0 unspecified atom stereocenters. The van der Waals surface area contributed by atoms with Crippen molar-refractivity contribution in [1.82, 2.24) is 0 Å². The van der Waals surface area contributed by atoms with Crippen molar-refractivity contribution in [3.8, 4) is 0 Å². The Morgan fingerprint density at radius 3 is 2.24 bits per heavy atom. The summed E-state index contributed by atoms with van der Waals surface area (Å²) in [6.45, 7) is 0. The van der Waals surface area contributed by atoms with Crippen LogP contribution in [0.2, 0.25) is 0 Å². The first-order chi connectivity index (χ1) is 7.95. The maximum Gasteiger partial charge on any atom is 0.339 e. The summed E-state index contributed by atoms with van der Waals surface area (Å²) in [6, 6.07) is 2.92. The van der Waals surface area contributed by atoms with Crippen LogP contribution in [0.5, 0.6) is 0 Å². The summed E-state index contributed by atoms with van der Waals surface area (Å²) in [5.41, 5.74) is -1.08. The number of carbonyl (C=O) groups is 1. The zero-order valence-electron chi connectivity index (χ0n) is 8.10. The average Bonchev–Trinajstić information content (AvgIpc) is 2.25. The van der Waals surface area contributed by atoms with Crippen LogP contribution >= 0.6 is 0 Å². The fourth-order valence-electron chi connectivity index (χ4n) is 1.60. The summed E-state index contributed by atoms with van der Waals surface area (Å²) in [7, 11) is 0. The molecule has 0 aliphatic rings. The third-order valence-electron chi connectivity index (χ3n) is 2.32. The van der Waals surface area contributed by atoms with E-state index in [2.05, 4.69) is 0 Å². The van der Waals surface area contributed by atoms with Crippen molar-refractivity contribution in [2.45, 2.75) is 0 Å². The predicted molar refractivity (Wildman–Crippen MR) is 50.7 cm³/mol. The first kappa shape index (κ1) is 11.4. The Morgan fingerprint density at radius 2 is 1.65 bits per heavy atom. The van der Waals surface area contributed by atoms with E-state index in [9.17, 15) is 22.4 Å². The van der Waals surface area contributed by atoms with E-state index in [1.807, 2.05) is 0 Å². The van der Waals surface area contributed by atoms with E-state index in [1.54, 1.807) is 0 Å². The van der Waals surface area contributed by atoms with Gasteiger partial charge in [0.15, 0.2) is 17.5 Å². The summed E-state index contributed by atoms with van der Waals surface area (Å²) in [4.78, 5) is 10.8. The van der Waals surface area contributed by atoms with E-state index < -0.39 is 45.6 Å². The average molecular weight is 244 g/mol. The van der Waals surface area contributed by atoms with Crippen molar-refractivity contribution in [3.63, 3.8) is 0 Å². The fourth-order valence-corrected chi connectivity index (χ4v) is 1.60. The van der Waals surface area contributed by atoms with Crippen LogP contribution in [0, 0.1) is 23.3 Å². The molecule has 0 radical (unpaired) electrons. The molecule has 0 aliphatic carbocycles. The highest BCUT2D eigenvalue weighted by Gasteiger charge is 2.25. The zero-order chi connectivity index (χ0) is 12.7. The van der Waals surface area contributed by atoms with Gasteiger partial charge in [0.05, 0.1) is 5.39 Å². The van der Waals surface area contributed by atoms with Crippen LogP contribution in [0.1, 0.15) is 10.4 Å². The van der Waals surface area contributed by atoms with Crippen LogP contribution in [0.4, 0.5) is 17.6 Å². The Bertz CT molecular complexity index is 637. The molecule has 1 N–H and O–H groups in total. The van der Waals surface area contributed by atoms with Crippen LogP contribution in [-0.4, -0.2) is 11.1 Å². The number of hydrogen-bond donors (Lipinski definition) is 1. The molecule has 2 nitrogen and oxygen atoms in total. The molecule has 2 aromatic carbocycles. The van der Waals surface area contributed by atoms with E-state index in [-0.39, 0.29) is 0 Å². The van der Waals surface area contributed by atoms with Crippen LogP contribution in [0.15, 0.2) is 18.2 Å². The molecule has 0 bridgehead atoms. The van der Waals surface area contributed by atoms with Crippen molar-refractivity contribution in [1.29, 1.82) is 0 Å². The molecule has 0 saturated carbocycles. The molecule has 2 rings (SSSR count). The number of benzene rings is 2. The van der Waals surface area contributed by atoms with Crippen molar-refractivity contribution < 1.29 is 27.5 Å². The van der Waals surface area contributed by atoms with Crippen LogP contribution in [0.25, 0.3) is 10.8 Å². The van der Waals surface area contributed by atoms with Crippen LogP contribution in [0.3, 0.4) is 0 Å². The largest absolute Gasteiger partial charge is 0.478 e. The highest BCUT2D eigenvalue weighted by Crippen LogP contribution is 2.29. The van der Waals surface area contributed by atoms with Gasteiger partial charge >= 0.3 is 5.97 Å². The Labute approximate surface area is 92.1 Å². The minimum absolute atomic E-state index is 0.520. The number of fused-ring (bicyclic) bond motifs is 1. The molecule has 0 aromatic heterocycles. The first-order valence-corrected chi connectivity index (χ1v) is 4.43. The van der Waals surface area contributed by atoms with Crippen molar-refractivity contribution in [2.75, 3.05) is 0 Å². The van der Waals surface area contributed by atoms with Gasteiger partial charge in [-0.25, -0.2) is 22.4 Å². The summed E-state index contributed by atoms with van der Waals surface area (Å²) in [6.07, 6.45) is 0. The smallest absolute Gasteiger partial charge is 0.339 e. The molecular weight excluding hydrogens is 240 g/mol. The molecule has 0 saturated heterocycles. The maximum atomic E-state index is 13.3. The van der Waals surface area contributed by atoms with Crippen LogP contribution in [-0.2, 0) is 0 Å². The quantitative estimate of drug-likeness (QED) is 0.618. The van der Waals surface area contributed by atoms with Gasteiger partial charge in [0.1, 0.15) is 11.4 Å². The SMILES string of the molecule is O=C(O)c1c(F)c(F)c(F)c2c(F)cccc12. The Kier molecular flexibility index (Phi) is 2.49. The number of halogens is 4. The summed E-state index contributed by atoms with van der Waals surface area (Å²) in [5, 5.41) is 7.33. The monoisotopic (exact) mass is 244 g/mol. The van der Waals surface area contributed by atoms with E-state index in [4.69, 9.17) is 5.11 Å². The van der Waals surface area contributed by atoms with Gasteiger partial charge < -0.3 is 5.11 Å². The predicted octanol–water partition coefficient (Wildman–Crippen LogP) is 3.09. The van der Waals surface area contributed by atoms with Crippen molar-refractivity contribution >= 4 is 16.7 Å². The maximum absolute atomic E-state index is 13.3. The van der Waals surface area contributed by atoms with Gasteiger partial charge in [0.2, 0.25) is 0 Å². The Hall–Kier alpha value is -2.11. The molecule has 6 heteroatoms. The molecule has 2 aromatic rings. The number of aromatic carboxylic acids is 1. The normalized spacial score (nSPS) is 10.8. The Morgan fingerprint density at radius 1 is 1.00 bits per heavy atom. The molecule has 88 valence electrons. The van der Waals surface area contributed by atoms with Gasteiger partial charge in [-0.05, 0) is 6.07 Å². The second-order valence-electron chi connectivity index (χ2n) is 3.28. The lowest BCUT2D eigenvalue weighted by molar-refractivity contribution is 0.0693. The van der Waals surface area contributed by atoms with Crippen molar-refractivity contribution in [2.24, 2.45) is 0 Å². The molecule has 0 atom stereocenters. The van der Waals surface area contributed by atoms with Gasteiger partial charge in [-0.3, -0.25) is 0 Å². The molecular formula is C11H4F4O2. The number of carboxylic acid groups (broad SMARTS) is 1. The minimum atomic E-state index is -2.00. The summed E-state index contributed by atoms with van der Waals surface area (Å²) in [5.74, 6) is -8.52. The lowest BCUT2D eigenvalue weighted by atomic mass is 10.0. The molecule has 0 heterocycles. The fraction of sp³-hybridized carbons (Fsp3) is 0. The van der Waals surface area contributed by atoms with Crippen LogP contribution < -0.4 is 0 Å². The third kappa shape index (κ3) is 1.52. The highest BCUT2D eigenvalue weighted by molar-refractivity contribution is 6.04. The third-order valence-corrected chi connectivity index (χ3v) is 2.32. The molecule has 0 amide bonds. The summed E-state index contributed by atoms with van der Waals surface area (Å²) < 4.78 is 52.9. The molecule has 0 spiro atoms. The second-order valence-corrected chi connectivity index (χ2v) is 3.28. The van der Waals surface area contributed by atoms with E-state index in [1.165, 1.54) is 0 Å². The standard InChI is InChI=1S/C11H4F4O2/c12-5-3-1-2-4-6(5)8(13)10(15)9(14)7(4)11(16)17/h1-3H,(H,16,17). The number of carboxylic acids is 1. The summed E-state index contributed by atoms with van der Waals surface area (Å²) >= 11 is 0. The highest BCUT2D eigenvalue weighted by atomic mass is 19.2. The molecule has 17 heavy (non-hydrogen) atoms. The van der Waals surface area contributed by atoms with E-state index >= 15 is 0 Å².